The highest BCUT2D eigenvalue weighted by atomic mass is 19.4. The normalized spacial score (nSPS) is 17.2. The second kappa shape index (κ2) is 10.8. The molecule has 0 bridgehead atoms. The van der Waals surface area contributed by atoms with E-state index >= 15 is 0 Å². The maximum Gasteiger partial charge on any atom is 0.416 e. The van der Waals surface area contributed by atoms with Gasteiger partial charge >= 0.3 is 6.18 Å². The van der Waals surface area contributed by atoms with Gasteiger partial charge in [0.1, 0.15) is 6.29 Å². The third-order valence-electron chi connectivity index (χ3n) is 3.20. The fourth-order valence-corrected chi connectivity index (χ4v) is 1.96. The van der Waals surface area contributed by atoms with E-state index in [1.54, 1.807) is 0 Å². The first kappa shape index (κ1) is 21.1. The van der Waals surface area contributed by atoms with Crippen LogP contribution in [-0.4, -0.2) is 31.3 Å². The van der Waals surface area contributed by atoms with E-state index in [2.05, 4.69) is 32.0 Å². The lowest BCUT2D eigenvalue weighted by atomic mass is 10.1. The predicted octanol–water partition coefficient (Wildman–Crippen LogP) is 4.68. The fourth-order valence-electron chi connectivity index (χ4n) is 1.96. The Morgan fingerprint density at radius 2 is 1.74 bits per heavy atom. The molecule has 1 aliphatic heterocycles. The summed E-state index contributed by atoms with van der Waals surface area (Å²) in [6.07, 6.45) is 0.482. The van der Waals surface area contributed by atoms with E-state index in [-0.39, 0.29) is 0 Å². The van der Waals surface area contributed by atoms with Crippen LogP contribution in [0.1, 0.15) is 24.5 Å². The molecule has 5 heteroatoms. The van der Waals surface area contributed by atoms with Crippen molar-refractivity contribution in [2.75, 3.05) is 20.1 Å². The Morgan fingerprint density at radius 1 is 1.22 bits per heavy atom. The Balaban J connectivity index is 0.000000371. The van der Waals surface area contributed by atoms with Crippen molar-refractivity contribution in [3.63, 3.8) is 0 Å². The summed E-state index contributed by atoms with van der Waals surface area (Å²) in [5.74, 6) is 0.949. The van der Waals surface area contributed by atoms with E-state index in [0.717, 1.165) is 18.1 Å². The van der Waals surface area contributed by atoms with E-state index in [1.807, 2.05) is 0 Å². The van der Waals surface area contributed by atoms with Gasteiger partial charge in [-0.15, -0.1) is 0 Å². The summed E-state index contributed by atoms with van der Waals surface area (Å²) in [4.78, 5) is 11.4. The standard InChI is InChI=1S/C9H7F3.C6H13N.C3H4O/c1-2-7-3-5-8(6-4-7)9(10,11)12;1-6-3-4-7(2)5-6;1-2-3-4/h2-6H,1H2;6H,3-5H2,1-2H3;2-3H,1H2. The van der Waals surface area contributed by atoms with Crippen molar-refractivity contribution in [3.05, 3.63) is 54.6 Å². The molecular formula is C18H24F3NO. The summed E-state index contributed by atoms with van der Waals surface area (Å²) in [5, 5.41) is 0. The van der Waals surface area contributed by atoms with Gasteiger partial charge in [-0.2, -0.15) is 13.2 Å². The van der Waals surface area contributed by atoms with Crippen LogP contribution >= 0.6 is 0 Å². The zero-order valence-electron chi connectivity index (χ0n) is 13.6. The van der Waals surface area contributed by atoms with E-state index in [4.69, 9.17) is 4.79 Å². The van der Waals surface area contributed by atoms with Crippen LogP contribution in [0.3, 0.4) is 0 Å². The highest BCUT2D eigenvalue weighted by Gasteiger charge is 2.29. The minimum absolute atomic E-state index is 0.631. The number of aldehydes is 1. The molecule has 1 fully saturated rings. The second-order valence-electron chi connectivity index (χ2n) is 5.35. The van der Waals surface area contributed by atoms with Crippen LogP contribution in [0, 0.1) is 5.92 Å². The number of carbonyl (C=O) groups is 1. The summed E-state index contributed by atoms with van der Waals surface area (Å²) in [7, 11) is 2.18. The van der Waals surface area contributed by atoms with Crippen LogP contribution in [0.2, 0.25) is 0 Å². The molecule has 1 aromatic carbocycles. The number of hydrogen-bond donors (Lipinski definition) is 0. The molecule has 0 amide bonds. The van der Waals surface area contributed by atoms with Crippen molar-refractivity contribution in [1.29, 1.82) is 0 Å². The number of hydrogen-bond acceptors (Lipinski definition) is 2. The van der Waals surface area contributed by atoms with E-state index in [1.165, 1.54) is 43.8 Å². The third-order valence-corrected chi connectivity index (χ3v) is 3.20. The smallest absolute Gasteiger partial charge is 0.306 e. The molecule has 128 valence electrons. The number of benzene rings is 1. The topological polar surface area (TPSA) is 20.3 Å². The van der Waals surface area contributed by atoms with Crippen LogP contribution < -0.4 is 0 Å². The van der Waals surface area contributed by atoms with E-state index in [0.29, 0.717) is 11.8 Å². The molecule has 0 saturated carbocycles. The largest absolute Gasteiger partial charge is 0.416 e. The van der Waals surface area contributed by atoms with Crippen molar-refractivity contribution in [2.24, 2.45) is 5.92 Å². The molecule has 2 rings (SSSR count). The number of halogens is 3. The van der Waals surface area contributed by atoms with Crippen molar-refractivity contribution in [1.82, 2.24) is 4.90 Å². The van der Waals surface area contributed by atoms with Gasteiger partial charge < -0.3 is 4.90 Å². The second-order valence-corrected chi connectivity index (χ2v) is 5.35. The van der Waals surface area contributed by atoms with Crippen LogP contribution in [-0.2, 0) is 11.0 Å². The molecule has 1 aromatic rings. The highest BCUT2D eigenvalue weighted by Crippen LogP contribution is 2.29. The van der Waals surface area contributed by atoms with Gasteiger partial charge in [0.15, 0.2) is 0 Å². The zero-order valence-corrected chi connectivity index (χ0v) is 13.6. The minimum Gasteiger partial charge on any atom is -0.306 e. The lowest BCUT2D eigenvalue weighted by Gasteiger charge is -2.05. The lowest BCUT2D eigenvalue weighted by Crippen LogP contribution is -2.12. The van der Waals surface area contributed by atoms with E-state index in [9.17, 15) is 13.2 Å². The first-order valence-electron chi connectivity index (χ1n) is 7.29. The van der Waals surface area contributed by atoms with E-state index < -0.39 is 11.7 Å². The van der Waals surface area contributed by atoms with Gasteiger partial charge in [-0.3, -0.25) is 4.79 Å². The molecule has 0 N–H and O–H groups in total. The van der Waals surface area contributed by atoms with Gasteiger partial charge in [0.05, 0.1) is 5.56 Å². The predicted molar refractivity (Wildman–Crippen MR) is 89.1 cm³/mol. The quantitative estimate of drug-likeness (QED) is 0.581. The molecule has 1 saturated heterocycles. The van der Waals surface area contributed by atoms with Crippen molar-refractivity contribution in [3.8, 4) is 0 Å². The average molecular weight is 327 g/mol. The first-order valence-corrected chi connectivity index (χ1v) is 7.29. The molecule has 0 radical (unpaired) electrons. The van der Waals surface area contributed by atoms with Gasteiger partial charge in [0, 0.05) is 6.54 Å². The monoisotopic (exact) mass is 327 g/mol. The number of likely N-dealkylation sites (tertiary alicyclic amines) is 1. The molecular weight excluding hydrogens is 303 g/mol. The Bertz CT molecular complexity index is 466. The zero-order chi connectivity index (χ0) is 17.9. The number of nitrogens with zero attached hydrogens (tertiary/aromatic N) is 1. The molecule has 23 heavy (non-hydrogen) atoms. The molecule has 1 heterocycles. The molecule has 0 spiro atoms. The molecule has 0 aliphatic carbocycles. The fraction of sp³-hybridized carbons (Fsp3) is 0.389. The van der Waals surface area contributed by atoms with Crippen LogP contribution in [0.25, 0.3) is 6.08 Å². The first-order chi connectivity index (χ1) is 10.7. The highest BCUT2D eigenvalue weighted by molar-refractivity contribution is 5.63. The van der Waals surface area contributed by atoms with Gasteiger partial charge in [0.2, 0.25) is 0 Å². The van der Waals surface area contributed by atoms with Crippen LogP contribution in [0.15, 0.2) is 43.5 Å². The number of alkyl halides is 3. The summed E-state index contributed by atoms with van der Waals surface area (Å²) in [6.45, 7) is 11.5. The van der Waals surface area contributed by atoms with Crippen molar-refractivity contribution in [2.45, 2.75) is 19.5 Å². The summed E-state index contributed by atoms with van der Waals surface area (Å²) in [6, 6.07) is 4.85. The van der Waals surface area contributed by atoms with Gasteiger partial charge in [-0.05, 0) is 49.7 Å². The number of rotatable bonds is 2. The molecule has 1 atom stereocenters. The molecule has 2 nitrogen and oxygen atoms in total. The number of carbonyl (C=O) groups excluding carboxylic acids is 1. The third kappa shape index (κ3) is 9.68. The maximum absolute atomic E-state index is 12.0. The summed E-state index contributed by atoms with van der Waals surface area (Å²) in [5.41, 5.74) is 0.0519. The maximum atomic E-state index is 12.0. The molecule has 1 unspecified atom stereocenters. The lowest BCUT2D eigenvalue weighted by molar-refractivity contribution is -0.137. The van der Waals surface area contributed by atoms with Crippen LogP contribution in [0.4, 0.5) is 13.2 Å². The van der Waals surface area contributed by atoms with Gasteiger partial charge in [-0.25, -0.2) is 0 Å². The summed E-state index contributed by atoms with van der Waals surface area (Å²) < 4.78 is 36.0. The Kier molecular flexibility index (Phi) is 9.90. The summed E-state index contributed by atoms with van der Waals surface area (Å²) >= 11 is 0. The minimum atomic E-state index is -4.25. The van der Waals surface area contributed by atoms with Crippen molar-refractivity contribution >= 4 is 12.4 Å². The van der Waals surface area contributed by atoms with Gasteiger partial charge in [-0.1, -0.05) is 38.3 Å². The Labute approximate surface area is 136 Å². The molecule has 0 aromatic heterocycles. The van der Waals surface area contributed by atoms with Crippen molar-refractivity contribution < 1.29 is 18.0 Å². The Morgan fingerprint density at radius 3 is 1.96 bits per heavy atom. The van der Waals surface area contributed by atoms with Crippen LogP contribution in [0.5, 0.6) is 0 Å². The van der Waals surface area contributed by atoms with Gasteiger partial charge in [0.25, 0.3) is 0 Å². The molecule has 1 aliphatic rings. The SMILES string of the molecule is C=CC=O.C=Cc1ccc(C(F)(F)F)cc1.CC1CCN(C)C1. The Hall–Kier alpha value is -1.88. The average Bonchev–Trinajstić information content (AvgIpc) is 2.90. The number of allylic oxidation sites excluding steroid dienone is 1.